The molecule has 0 saturated carbocycles. The molecule has 0 bridgehead atoms. The van der Waals surface area contributed by atoms with Crippen molar-refractivity contribution in [3.63, 3.8) is 0 Å². The molecule has 3 rings (SSSR count). The van der Waals surface area contributed by atoms with Crippen molar-refractivity contribution >= 4 is 34.2 Å². The number of hydrogen-bond acceptors (Lipinski definition) is 5. The van der Waals surface area contributed by atoms with E-state index in [2.05, 4.69) is 43.3 Å². The maximum Gasteiger partial charge on any atom is 0.248 e. The minimum absolute atomic E-state index is 0.0120. The molecule has 0 radical (unpaired) electrons. The summed E-state index contributed by atoms with van der Waals surface area (Å²) in [6.07, 6.45) is 0. The van der Waals surface area contributed by atoms with Gasteiger partial charge in [0.15, 0.2) is 0 Å². The molecule has 122 valence electrons. The number of ether oxygens (including phenoxy) is 1. The first-order valence-corrected chi connectivity index (χ1v) is 8.20. The molecule has 0 aliphatic carbocycles. The molecule has 0 atom stereocenters. The number of nitrogens with one attached hydrogen (secondary N) is 1. The molecule has 7 nitrogen and oxygen atoms in total. The molecular weight excluding hydrogens is 421 g/mol. The van der Waals surface area contributed by atoms with Gasteiger partial charge in [0.1, 0.15) is 12.3 Å². The van der Waals surface area contributed by atoms with Crippen LogP contribution in [0.25, 0.3) is 11.4 Å². The average Bonchev–Trinajstić information content (AvgIpc) is 3.05. The molecule has 1 N–H and O–H groups in total. The van der Waals surface area contributed by atoms with E-state index in [9.17, 15) is 4.79 Å². The van der Waals surface area contributed by atoms with Crippen LogP contribution in [0.1, 0.15) is 0 Å². The van der Waals surface area contributed by atoms with Gasteiger partial charge in [0.25, 0.3) is 0 Å². The van der Waals surface area contributed by atoms with Crippen molar-refractivity contribution in [1.29, 1.82) is 0 Å². The number of carbonyl (C=O) groups is 1. The normalized spacial score (nSPS) is 10.4. The molecule has 0 saturated heterocycles. The average molecular weight is 435 g/mol. The van der Waals surface area contributed by atoms with Gasteiger partial charge in [-0.1, -0.05) is 24.3 Å². The van der Waals surface area contributed by atoms with Crippen LogP contribution in [0.15, 0.2) is 48.5 Å². The van der Waals surface area contributed by atoms with Crippen molar-refractivity contribution in [1.82, 2.24) is 20.2 Å². The van der Waals surface area contributed by atoms with Crippen LogP contribution in [0.4, 0.5) is 5.69 Å². The molecule has 24 heavy (non-hydrogen) atoms. The molecule has 1 aromatic heterocycles. The number of anilines is 1. The SMILES string of the molecule is COc1cccc(-c2nnn(CC(=O)Nc3ccccc3I)n2)c1. The Balaban J connectivity index is 1.69. The van der Waals surface area contributed by atoms with Crippen LogP contribution in [-0.2, 0) is 11.3 Å². The van der Waals surface area contributed by atoms with Crippen molar-refractivity contribution in [3.05, 3.63) is 52.1 Å². The van der Waals surface area contributed by atoms with Crippen LogP contribution in [0.3, 0.4) is 0 Å². The minimum Gasteiger partial charge on any atom is -0.497 e. The van der Waals surface area contributed by atoms with E-state index in [0.717, 1.165) is 14.8 Å². The summed E-state index contributed by atoms with van der Waals surface area (Å²) in [6, 6.07) is 14.9. The summed E-state index contributed by atoms with van der Waals surface area (Å²) in [4.78, 5) is 13.4. The van der Waals surface area contributed by atoms with Crippen LogP contribution < -0.4 is 10.1 Å². The lowest BCUT2D eigenvalue weighted by molar-refractivity contribution is -0.117. The molecule has 0 aliphatic heterocycles. The third-order valence-corrected chi connectivity index (χ3v) is 4.15. The Morgan fingerprint density at radius 3 is 2.88 bits per heavy atom. The van der Waals surface area contributed by atoms with E-state index in [4.69, 9.17) is 4.74 Å². The number of carbonyl (C=O) groups excluding carboxylic acids is 1. The highest BCUT2D eigenvalue weighted by molar-refractivity contribution is 14.1. The van der Waals surface area contributed by atoms with Gasteiger partial charge in [0, 0.05) is 9.13 Å². The lowest BCUT2D eigenvalue weighted by Gasteiger charge is -2.06. The zero-order chi connectivity index (χ0) is 16.9. The predicted octanol–water partition coefficient (Wildman–Crippen LogP) is 2.59. The third-order valence-electron chi connectivity index (χ3n) is 3.21. The highest BCUT2D eigenvalue weighted by Gasteiger charge is 2.11. The first kappa shape index (κ1) is 16.4. The molecule has 2 aromatic carbocycles. The van der Waals surface area contributed by atoms with Gasteiger partial charge in [-0.05, 0) is 52.1 Å². The second-order valence-electron chi connectivity index (χ2n) is 4.90. The Kier molecular flexibility index (Phi) is 5.04. The van der Waals surface area contributed by atoms with Crippen LogP contribution in [0.5, 0.6) is 5.75 Å². The van der Waals surface area contributed by atoms with Crippen molar-refractivity contribution < 1.29 is 9.53 Å². The van der Waals surface area contributed by atoms with Gasteiger partial charge in [-0.25, -0.2) is 0 Å². The highest BCUT2D eigenvalue weighted by atomic mass is 127. The Labute approximate surface area is 152 Å². The molecule has 3 aromatic rings. The van der Waals surface area contributed by atoms with Gasteiger partial charge >= 0.3 is 0 Å². The first-order chi connectivity index (χ1) is 11.7. The van der Waals surface area contributed by atoms with E-state index in [1.807, 2.05) is 48.5 Å². The summed E-state index contributed by atoms with van der Waals surface area (Å²) >= 11 is 2.17. The second kappa shape index (κ2) is 7.39. The lowest BCUT2D eigenvalue weighted by Crippen LogP contribution is -2.20. The number of aromatic nitrogens is 4. The lowest BCUT2D eigenvalue weighted by atomic mass is 10.2. The van der Waals surface area contributed by atoms with Crippen molar-refractivity contribution in [2.75, 3.05) is 12.4 Å². The van der Waals surface area contributed by atoms with Gasteiger partial charge < -0.3 is 10.1 Å². The minimum atomic E-state index is -0.214. The largest absolute Gasteiger partial charge is 0.497 e. The van der Waals surface area contributed by atoms with Crippen molar-refractivity contribution in [2.24, 2.45) is 0 Å². The molecule has 1 heterocycles. The van der Waals surface area contributed by atoms with E-state index >= 15 is 0 Å². The quantitative estimate of drug-likeness (QED) is 0.624. The summed E-state index contributed by atoms with van der Waals surface area (Å²) in [5.74, 6) is 0.935. The van der Waals surface area contributed by atoms with E-state index < -0.39 is 0 Å². The van der Waals surface area contributed by atoms with Crippen molar-refractivity contribution in [2.45, 2.75) is 6.54 Å². The van der Waals surface area contributed by atoms with Gasteiger partial charge in [-0.2, -0.15) is 4.80 Å². The van der Waals surface area contributed by atoms with E-state index in [1.165, 1.54) is 4.80 Å². The summed E-state index contributed by atoms with van der Waals surface area (Å²) in [5.41, 5.74) is 1.54. The Morgan fingerprint density at radius 1 is 1.25 bits per heavy atom. The Morgan fingerprint density at radius 2 is 2.08 bits per heavy atom. The van der Waals surface area contributed by atoms with Crippen molar-refractivity contribution in [3.8, 4) is 17.1 Å². The summed E-state index contributed by atoms with van der Waals surface area (Å²) in [6.45, 7) is -0.0120. The topological polar surface area (TPSA) is 81.9 Å². The zero-order valence-electron chi connectivity index (χ0n) is 12.8. The fraction of sp³-hybridized carbons (Fsp3) is 0.125. The van der Waals surface area contributed by atoms with Crippen LogP contribution in [-0.4, -0.2) is 33.2 Å². The summed E-state index contributed by atoms with van der Waals surface area (Å²) in [5, 5.41) is 15.0. The number of tetrazole rings is 1. The smallest absolute Gasteiger partial charge is 0.248 e. The Bertz CT molecular complexity index is 865. The van der Waals surface area contributed by atoms with E-state index in [0.29, 0.717) is 11.6 Å². The van der Waals surface area contributed by atoms with Gasteiger partial charge in [0.2, 0.25) is 11.7 Å². The molecular formula is C16H14IN5O2. The number of benzene rings is 2. The summed E-state index contributed by atoms with van der Waals surface area (Å²) < 4.78 is 6.14. The van der Waals surface area contributed by atoms with E-state index in [1.54, 1.807) is 7.11 Å². The number of nitrogens with zero attached hydrogens (tertiary/aromatic N) is 4. The molecule has 0 unspecified atom stereocenters. The number of amides is 1. The standard InChI is InChI=1S/C16H14IN5O2/c1-24-12-6-4-5-11(9-12)16-19-21-22(20-16)10-15(23)18-14-8-3-2-7-13(14)17/h2-9H,10H2,1H3,(H,18,23). The Hall–Kier alpha value is -2.49. The summed E-state index contributed by atoms with van der Waals surface area (Å²) in [7, 11) is 1.60. The molecule has 0 spiro atoms. The number of methoxy groups -OCH3 is 1. The molecule has 0 fully saturated rings. The first-order valence-electron chi connectivity index (χ1n) is 7.12. The van der Waals surface area contributed by atoms with Gasteiger partial charge in [-0.3, -0.25) is 4.79 Å². The fourth-order valence-electron chi connectivity index (χ4n) is 2.07. The number of halogens is 1. The fourth-order valence-corrected chi connectivity index (χ4v) is 2.59. The van der Waals surface area contributed by atoms with Gasteiger partial charge in [0.05, 0.1) is 12.8 Å². The number of para-hydroxylation sites is 1. The second-order valence-corrected chi connectivity index (χ2v) is 6.07. The van der Waals surface area contributed by atoms with Gasteiger partial charge in [-0.15, -0.1) is 10.2 Å². The van der Waals surface area contributed by atoms with Crippen LogP contribution >= 0.6 is 22.6 Å². The van der Waals surface area contributed by atoms with E-state index in [-0.39, 0.29) is 12.5 Å². The molecule has 1 amide bonds. The zero-order valence-corrected chi connectivity index (χ0v) is 15.0. The third kappa shape index (κ3) is 3.88. The highest BCUT2D eigenvalue weighted by Crippen LogP contribution is 2.20. The molecule has 0 aliphatic rings. The maximum absolute atomic E-state index is 12.1. The maximum atomic E-state index is 12.1. The number of hydrogen-bond donors (Lipinski definition) is 1. The molecule has 8 heteroatoms. The number of rotatable bonds is 5. The van der Waals surface area contributed by atoms with Crippen LogP contribution in [0.2, 0.25) is 0 Å². The van der Waals surface area contributed by atoms with Crippen LogP contribution in [0, 0.1) is 3.57 Å². The monoisotopic (exact) mass is 435 g/mol. The predicted molar refractivity (Wildman–Crippen MR) is 97.6 cm³/mol.